The molecule has 0 aliphatic carbocycles. The molecule has 0 amide bonds. The lowest BCUT2D eigenvalue weighted by atomic mass is 10.1. The Labute approximate surface area is 174 Å². The Bertz CT molecular complexity index is 1190. The molecule has 0 radical (unpaired) electrons. The van der Waals surface area contributed by atoms with Gasteiger partial charge in [-0.25, -0.2) is 23.2 Å². The van der Waals surface area contributed by atoms with E-state index in [1.54, 1.807) is 24.3 Å². The fraction of sp³-hybridized carbons (Fsp3) is 0.190. The summed E-state index contributed by atoms with van der Waals surface area (Å²) in [4.78, 5) is 20.3. The zero-order chi connectivity index (χ0) is 21.2. The molecule has 8 heteroatoms. The zero-order valence-electron chi connectivity index (χ0n) is 16.1. The van der Waals surface area contributed by atoms with Crippen molar-refractivity contribution in [1.29, 1.82) is 0 Å². The van der Waals surface area contributed by atoms with Crippen LogP contribution in [0.1, 0.15) is 32.7 Å². The van der Waals surface area contributed by atoms with Crippen LogP contribution in [0.25, 0.3) is 0 Å². The highest BCUT2D eigenvalue weighted by molar-refractivity contribution is 7.90. The van der Waals surface area contributed by atoms with Crippen LogP contribution in [0, 0.1) is 20.8 Å². The van der Waals surface area contributed by atoms with Crippen LogP contribution in [-0.2, 0) is 15.6 Å². The van der Waals surface area contributed by atoms with E-state index in [1.807, 2.05) is 39.0 Å². The van der Waals surface area contributed by atoms with Gasteiger partial charge in [0.1, 0.15) is 5.75 Å². The van der Waals surface area contributed by atoms with Crippen LogP contribution in [0.4, 0.5) is 0 Å². The van der Waals surface area contributed by atoms with Crippen molar-refractivity contribution in [3.05, 3.63) is 81.6 Å². The minimum atomic E-state index is -3.88. The third-order valence-corrected chi connectivity index (χ3v) is 6.28. The van der Waals surface area contributed by atoms with Gasteiger partial charge in [0.15, 0.2) is 5.69 Å². The molecule has 0 fully saturated rings. The standard InChI is InChI=1S/C21H19ClN2O4S/c1-13-8-6-10-18(15(13)3)28-20(25)19-17(22)11-23-21(24-19)29(26,27)12-16-9-5-4-7-14(16)2/h4-11H,12H2,1-3H3. The maximum absolute atomic E-state index is 12.8. The average molecular weight is 431 g/mol. The van der Waals surface area contributed by atoms with Gasteiger partial charge in [-0.3, -0.25) is 0 Å². The number of ether oxygens (including phenoxy) is 1. The predicted molar refractivity (Wildman–Crippen MR) is 110 cm³/mol. The van der Waals surface area contributed by atoms with E-state index in [2.05, 4.69) is 9.97 Å². The van der Waals surface area contributed by atoms with Crippen LogP contribution in [0.15, 0.2) is 53.8 Å². The summed E-state index contributed by atoms with van der Waals surface area (Å²) >= 11 is 6.04. The van der Waals surface area contributed by atoms with Gasteiger partial charge in [-0.05, 0) is 49.1 Å². The van der Waals surface area contributed by atoms with Crippen molar-refractivity contribution < 1.29 is 17.9 Å². The molecule has 2 aromatic carbocycles. The minimum absolute atomic E-state index is 0.0878. The first-order valence-electron chi connectivity index (χ1n) is 8.77. The number of hydrogen-bond acceptors (Lipinski definition) is 6. The largest absolute Gasteiger partial charge is 0.421 e. The van der Waals surface area contributed by atoms with Gasteiger partial charge in [-0.1, -0.05) is 48.0 Å². The first-order valence-corrected chi connectivity index (χ1v) is 10.8. The van der Waals surface area contributed by atoms with Gasteiger partial charge in [0.25, 0.3) is 0 Å². The number of aromatic nitrogens is 2. The molecule has 1 aromatic heterocycles. The summed E-state index contributed by atoms with van der Waals surface area (Å²) in [5.74, 6) is -0.778. The van der Waals surface area contributed by atoms with Gasteiger partial charge in [-0.2, -0.15) is 0 Å². The van der Waals surface area contributed by atoms with Gasteiger partial charge in [0.05, 0.1) is 17.0 Å². The molecule has 0 aliphatic rings. The SMILES string of the molecule is Cc1ccccc1CS(=O)(=O)c1ncc(Cl)c(C(=O)Oc2cccc(C)c2C)n1. The van der Waals surface area contributed by atoms with Crippen molar-refractivity contribution in [3.8, 4) is 5.75 Å². The second kappa shape index (κ2) is 8.31. The molecular formula is C21H19ClN2O4S. The van der Waals surface area contributed by atoms with Gasteiger partial charge in [0.2, 0.25) is 15.0 Å². The first kappa shape index (κ1) is 21.0. The third-order valence-electron chi connectivity index (χ3n) is 4.56. The number of sulfone groups is 1. The predicted octanol–water partition coefficient (Wildman–Crippen LogP) is 4.25. The summed E-state index contributed by atoms with van der Waals surface area (Å²) in [6, 6.07) is 12.4. The number of rotatable bonds is 5. The lowest BCUT2D eigenvalue weighted by Crippen LogP contribution is -2.17. The van der Waals surface area contributed by atoms with Crippen LogP contribution in [-0.4, -0.2) is 24.4 Å². The third kappa shape index (κ3) is 4.63. The van der Waals surface area contributed by atoms with Crippen molar-refractivity contribution in [2.24, 2.45) is 0 Å². The van der Waals surface area contributed by atoms with E-state index < -0.39 is 21.0 Å². The van der Waals surface area contributed by atoms with Crippen molar-refractivity contribution in [2.75, 3.05) is 0 Å². The van der Waals surface area contributed by atoms with Crippen LogP contribution in [0.5, 0.6) is 5.75 Å². The second-order valence-electron chi connectivity index (χ2n) is 6.62. The van der Waals surface area contributed by atoms with E-state index in [4.69, 9.17) is 16.3 Å². The Morgan fingerprint density at radius 3 is 2.45 bits per heavy atom. The molecule has 0 bridgehead atoms. The zero-order valence-corrected chi connectivity index (χ0v) is 17.7. The van der Waals surface area contributed by atoms with Crippen LogP contribution < -0.4 is 4.74 Å². The molecule has 150 valence electrons. The molecule has 3 rings (SSSR count). The van der Waals surface area contributed by atoms with Crippen LogP contribution in [0.2, 0.25) is 5.02 Å². The summed E-state index contributed by atoms with van der Waals surface area (Å²) in [6.45, 7) is 5.53. The monoisotopic (exact) mass is 430 g/mol. The molecular weight excluding hydrogens is 412 g/mol. The molecule has 1 heterocycles. The minimum Gasteiger partial charge on any atom is -0.421 e. The number of nitrogens with zero attached hydrogens (tertiary/aromatic N) is 2. The normalized spacial score (nSPS) is 11.3. The van der Waals surface area contributed by atoms with Crippen molar-refractivity contribution >= 4 is 27.4 Å². The maximum Gasteiger partial charge on any atom is 0.364 e. The molecule has 0 atom stereocenters. The topological polar surface area (TPSA) is 86.2 Å². The number of benzene rings is 2. The van der Waals surface area contributed by atoms with Crippen LogP contribution >= 0.6 is 11.6 Å². The molecule has 3 aromatic rings. The van der Waals surface area contributed by atoms with E-state index in [0.717, 1.165) is 22.9 Å². The Kier molecular flexibility index (Phi) is 6.00. The number of carbonyl (C=O) groups is 1. The molecule has 0 spiro atoms. The van der Waals surface area contributed by atoms with Crippen molar-refractivity contribution in [1.82, 2.24) is 9.97 Å². The average Bonchev–Trinajstić information content (AvgIpc) is 2.67. The molecule has 0 saturated heterocycles. The summed E-state index contributed by atoms with van der Waals surface area (Å²) < 4.78 is 30.9. The summed E-state index contributed by atoms with van der Waals surface area (Å²) in [7, 11) is -3.88. The Hall–Kier alpha value is -2.77. The second-order valence-corrected chi connectivity index (χ2v) is 8.91. The Morgan fingerprint density at radius 2 is 1.72 bits per heavy atom. The highest BCUT2D eigenvalue weighted by atomic mass is 35.5. The number of aryl methyl sites for hydroxylation is 2. The van der Waals surface area contributed by atoms with E-state index in [9.17, 15) is 13.2 Å². The fourth-order valence-corrected chi connectivity index (χ4v) is 4.14. The Morgan fingerprint density at radius 1 is 1.03 bits per heavy atom. The van der Waals surface area contributed by atoms with Gasteiger partial charge in [0, 0.05) is 0 Å². The maximum atomic E-state index is 12.8. The van der Waals surface area contributed by atoms with Crippen LogP contribution in [0.3, 0.4) is 0 Å². The molecule has 0 unspecified atom stereocenters. The summed E-state index contributed by atoms with van der Waals surface area (Å²) in [5.41, 5.74) is 2.90. The lowest BCUT2D eigenvalue weighted by Gasteiger charge is -2.10. The number of halogens is 1. The summed E-state index contributed by atoms with van der Waals surface area (Å²) in [6.07, 6.45) is 1.10. The highest BCUT2D eigenvalue weighted by Gasteiger charge is 2.24. The van der Waals surface area contributed by atoms with Crippen molar-refractivity contribution in [3.63, 3.8) is 0 Å². The van der Waals surface area contributed by atoms with Crippen molar-refractivity contribution in [2.45, 2.75) is 31.7 Å². The Balaban J connectivity index is 1.92. The molecule has 6 nitrogen and oxygen atoms in total. The van der Waals surface area contributed by atoms with E-state index >= 15 is 0 Å². The first-order chi connectivity index (χ1) is 13.7. The van der Waals surface area contributed by atoms with E-state index in [-0.39, 0.29) is 16.5 Å². The van der Waals surface area contributed by atoms with Gasteiger partial charge >= 0.3 is 5.97 Å². The van der Waals surface area contributed by atoms with Gasteiger partial charge < -0.3 is 4.74 Å². The van der Waals surface area contributed by atoms with E-state index in [1.165, 1.54) is 0 Å². The number of esters is 1. The lowest BCUT2D eigenvalue weighted by molar-refractivity contribution is 0.0726. The van der Waals surface area contributed by atoms with Gasteiger partial charge in [-0.15, -0.1) is 0 Å². The summed E-state index contributed by atoms with van der Waals surface area (Å²) in [5, 5.41) is -0.562. The van der Waals surface area contributed by atoms with E-state index in [0.29, 0.717) is 11.3 Å². The number of hydrogen-bond donors (Lipinski definition) is 0. The molecule has 0 saturated carbocycles. The number of carbonyl (C=O) groups excluding carboxylic acids is 1. The quantitative estimate of drug-likeness (QED) is 0.341. The molecule has 29 heavy (non-hydrogen) atoms. The fourth-order valence-electron chi connectivity index (χ4n) is 2.67. The highest BCUT2D eigenvalue weighted by Crippen LogP contribution is 2.24. The smallest absolute Gasteiger partial charge is 0.364 e. The molecule has 0 N–H and O–H groups in total. The molecule has 0 aliphatic heterocycles.